The number of esters is 1. The Morgan fingerprint density at radius 1 is 1.67 bits per heavy atom. The van der Waals surface area contributed by atoms with E-state index in [1.54, 1.807) is 0 Å². The second-order valence-corrected chi connectivity index (χ2v) is 3.92. The van der Waals surface area contributed by atoms with Crippen LogP contribution in [0.25, 0.3) is 0 Å². The van der Waals surface area contributed by atoms with E-state index in [4.69, 9.17) is 9.84 Å². The summed E-state index contributed by atoms with van der Waals surface area (Å²) < 4.78 is 4.70. The number of ether oxygens (including phenoxy) is 1. The van der Waals surface area contributed by atoms with E-state index in [0.717, 1.165) is 12.8 Å². The number of methoxy groups -OCH3 is 1. The fourth-order valence-corrected chi connectivity index (χ4v) is 2.45. The number of rotatable bonds is 2. The molecule has 2 saturated heterocycles. The lowest BCUT2D eigenvalue weighted by molar-refractivity contribution is -0.157. The second kappa shape index (κ2) is 2.20. The van der Waals surface area contributed by atoms with Gasteiger partial charge in [0, 0.05) is 12.1 Å². The molecule has 0 aromatic rings. The molecular weight excluding hydrogens is 158 g/mol. The largest absolute Gasteiger partial charge is 0.469 e. The molecule has 3 rings (SSSR count). The van der Waals surface area contributed by atoms with Crippen LogP contribution in [0.5, 0.6) is 0 Å². The van der Waals surface area contributed by atoms with Crippen LogP contribution in [-0.4, -0.2) is 36.9 Å². The van der Waals surface area contributed by atoms with Gasteiger partial charge in [-0.3, -0.25) is 4.79 Å². The molecule has 0 aromatic carbocycles. The van der Waals surface area contributed by atoms with Crippen molar-refractivity contribution in [2.75, 3.05) is 20.3 Å². The molecule has 68 valence electrons. The molecule has 3 aliphatic rings. The highest BCUT2D eigenvalue weighted by Crippen LogP contribution is 2.54. The Balaban J connectivity index is 2.09. The molecule has 1 saturated carbocycles. The number of hydrogen-bond acceptors (Lipinski definition) is 4. The highest BCUT2D eigenvalue weighted by atomic mass is 16.5. The van der Waals surface area contributed by atoms with Gasteiger partial charge in [-0.2, -0.15) is 0 Å². The molecule has 2 N–H and O–H groups in total. The number of aliphatic hydroxyl groups is 1. The normalized spacial score (nSPS) is 43.8. The maximum atomic E-state index is 11.3. The average molecular weight is 171 g/mol. The van der Waals surface area contributed by atoms with Crippen LogP contribution >= 0.6 is 0 Å². The van der Waals surface area contributed by atoms with Crippen LogP contribution in [-0.2, 0) is 9.53 Å². The van der Waals surface area contributed by atoms with Gasteiger partial charge in [-0.25, -0.2) is 0 Å². The first-order valence-electron chi connectivity index (χ1n) is 4.11. The molecule has 0 spiro atoms. The van der Waals surface area contributed by atoms with Gasteiger partial charge in [0.25, 0.3) is 0 Å². The summed E-state index contributed by atoms with van der Waals surface area (Å²) in [4.78, 5) is 11.3. The topological polar surface area (TPSA) is 58.6 Å². The molecule has 4 nitrogen and oxygen atoms in total. The molecular formula is C8H13NO3. The van der Waals surface area contributed by atoms with Crippen molar-refractivity contribution in [3.8, 4) is 0 Å². The van der Waals surface area contributed by atoms with Crippen molar-refractivity contribution in [1.82, 2.24) is 5.32 Å². The lowest BCUT2D eigenvalue weighted by Gasteiger charge is -2.42. The van der Waals surface area contributed by atoms with E-state index in [1.165, 1.54) is 7.11 Å². The standard InChI is InChI=1S/C8H13NO3/c1-12-6(11)7-2-8(3-7,5-10)9-4-7/h9-10H,2-5H2,1H3. The van der Waals surface area contributed by atoms with Crippen LogP contribution < -0.4 is 5.32 Å². The summed E-state index contributed by atoms with van der Waals surface area (Å²) in [6.45, 7) is 0.770. The Kier molecular flexibility index (Phi) is 1.47. The summed E-state index contributed by atoms with van der Waals surface area (Å²) in [6, 6.07) is 0. The number of carbonyl (C=O) groups is 1. The van der Waals surface area contributed by atoms with E-state index in [0.29, 0.717) is 6.54 Å². The second-order valence-electron chi connectivity index (χ2n) is 3.92. The zero-order chi connectivity index (χ0) is 8.82. The van der Waals surface area contributed by atoms with E-state index in [2.05, 4.69) is 5.32 Å². The molecule has 0 unspecified atom stereocenters. The van der Waals surface area contributed by atoms with Gasteiger partial charge in [0.1, 0.15) is 0 Å². The number of hydrogen-bond donors (Lipinski definition) is 2. The SMILES string of the molecule is COC(=O)C12CNC(CO)(C1)C2. The summed E-state index contributed by atoms with van der Waals surface area (Å²) >= 11 is 0. The first kappa shape index (κ1) is 8.01. The number of nitrogens with one attached hydrogen (secondary N) is 1. The minimum Gasteiger partial charge on any atom is -0.469 e. The molecule has 0 aromatic heterocycles. The highest BCUT2D eigenvalue weighted by Gasteiger charge is 2.65. The lowest BCUT2D eigenvalue weighted by Crippen LogP contribution is -2.53. The van der Waals surface area contributed by atoms with Crippen LogP contribution in [0.2, 0.25) is 0 Å². The van der Waals surface area contributed by atoms with Crippen LogP contribution in [0.3, 0.4) is 0 Å². The smallest absolute Gasteiger partial charge is 0.313 e. The van der Waals surface area contributed by atoms with Gasteiger partial charge in [-0.05, 0) is 12.8 Å². The molecule has 2 heterocycles. The minimum atomic E-state index is -0.322. The van der Waals surface area contributed by atoms with E-state index >= 15 is 0 Å². The molecule has 12 heavy (non-hydrogen) atoms. The molecule has 3 fully saturated rings. The van der Waals surface area contributed by atoms with Crippen molar-refractivity contribution in [1.29, 1.82) is 0 Å². The third kappa shape index (κ3) is 0.765. The van der Waals surface area contributed by atoms with Crippen LogP contribution in [0.4, 0.5) is 0 Å². The van der Waals surface area contributed by atoms with Crippen LogP contribution in [0.1, 0.15) is 12.8 Å². The third-order valence-electron chi connectivity index (χ3n) is 3.08. The maximum absolute atomic E-state index is 11.3. The summed E-state index contributed by atoms with van der Waals surface area (Å²) in [7, 11) is 1.41. The zero-order valence-corrected chi connectivity index (χ0v) is 7.09. The van der Waals surface area contributed by atoms with Gasteiger partial charge >= 0.3 is 5.97 Å². The van der Waals surface area contributed by atoms with Crippen molar-refractivity contribution < 1.29 is 14.6 Å². The molecule has 0 atom stereocenters. The molecule has 2 aliphatic heterocycles. The Labute approximate surface area is 70.9 Å². The molecule has 4 heteroatoms. The fourth-order valence-electron chi connectivity index (χ4n) is 2.45. The van der Waals surface area contributed by atoms with Gasteiger partial charge in [-0.1, -0.05) is 0 Å². The first-order chi connectivity index (χ1) is 5.66. The van der Waals surface area contributed by atoms with Crippen molar-refractivity contribution in [2.45, 2.75) is 18.4 Å². The Hall–Kier alpha value is -0.610. The molecule has 2 bridgehead atoms. The highest BCUT2D eigenvalue weighted by molar-refractivity contribution is 5.80. The summed E-state index contributed by atoms with van der Waals surface area (Å²) in [5, 5.41) is 12.2. The predicted octanol–water partition coefficient (Wildman–Crippen LogP) is -0.726. The quantitative estimate of drug-likeness (QED) is 0.538. The lowest BCUT2D eigenvalue weighted by atomic mass is 9.62. The first-order valence-corrected chi connectivity index (χ1v) is 4.11. The monoisotopic (exact) mass is 171 g/mol. The van der Waals surface area contributed by atoms with Crippen LogP contribution in [0.15, 0.2) is 0 Å². The van der Waals surface area contributed by atoms with Gasteiger partial charge in [0.15, 0.2) is 0 Å². The average Bonchev–Trinajstić information content (AvgIpc) is 2.57. The molecule has 0 radical (unpaired) electrons. The maximum Gasteiger partial charge on any atom is 0.313 e. The molecule has 0 amide bonds. The predicted molar refractivity (Wildman–Crippen MR) is 41.5 cm³/mol. The Morgan fingerprint density at radius 2 is 2.33 bits per heavy atom. The molecule has 1 aliphatic carbocycles. The van der Waals surface area contributed by atoms with E-state index < -0.39 is 0 Å². The number of fused-ring (bicyclic) bond motifs is 1. The third-order valence-corrected chi connectivity index (χ3v) is 3.08. The van der Waals surface area contributed by atoms with Crippen molar-refractivity contribution >= 4 is 5.97 Å². The summed E-state index contributed by atoms with van der Waals surface area (Å²) in [6.07, 6.45) is 1.45. The van der Waals surface area contributed by atoms with Gasteiger partial charge in [0.05, 0.1) is 19.1 Å². The van der Waals surface area contributed by atoms with Crippen molar-refractivity contribution in [2.24, 2.45) is 5.41 Å². The van der Waals surface area contributed by atoms with E-state index in [-0.39, 0.29) is 23.5 Å². The summed E-state index contributed by atoms with van der Waals surface area (Å²) in [5.74, 6) is -0.142. The van der Waals surface area contributed by atoms with Crippen molar-refractivity contribution in [3.63, 3.8) is 0 Å². The Bertz CT molecular complexity index is 220. The number of carbonyl (C=O) groups excluding carboxylic acids is 1. The fraction of sp³-hybridized carbons (Fsp3) is 0.875. The number of aliphatic hydroxyl groups excluding tert-OH is 1. The minimum absolute atomic E-state index is 0.117. The van der Waals surface area contributed by atoms with Crippen molar-refractivity contribution in [3.05, 3.63) is 0 Å². The van der Waals surface area contributed by atoms with E-state index in [9.17, 15) is 4.79 Å². The zero-order valence-electron chi connectivity index (χ0n) is 7.09. The van der Waals surface area contributed by atoms with Crippen LogP contribution in [0, 0.1) is 5.41 Å². The van der Waals surface area contributed by atoms with Gasteiger partial charge in [0.2, 0.25) is 0 Å². The van der Waals surface area contributed by atoms with Gasteiger partial charge < -0.3 is 15.2 Å². The van der Waals surface area contributed by atoms with Gasteiger partial charge in [-0.15, -0.1) is 0 Å². The van der Waals surface area contributed by atoms with E-state index in [1.807, 2.05) is 0 Å². The Morgan fingerprint density at radius 3 is 2.75 bits per heavy atom. The summed E-state index contributed by atoms with van der Waals surface area (Å²) in [5.41, 5.74) is -0.494.